The van der Waals surface area contributed by atoms with Crippen molar-refractivity contribution in [2.45, 2.75) is 26.3 Å². The summed E-state index contributed by atoms with van der Waals surface area (Å²) in [5.41, 5.74) is 4.29. The summed E-state index contributed by atoms with van der Waals surface area (Å²) in [5.74, 6) is -1.74. The largest absolute Gasteiger partial charge is 0.488 e. The van der Waals surface area contributed by atoms with Crippen LogP contribution in [0.2, 0.25) is 0 Å². The van der Waals surface area contributed by atoms with E-state index in [0.29, 0.717) is 38.9 Å². The maximum absolute atomic E-state index is 14.1. The van der Waals surface area contributed by atoms with E-state index in [2.05, 4.69) is 19.6 Å². The van der Waals surface area contributed by atoms with E-state index in [9.17, 15) is 22.4 Å². The number of ether oxygens (including phenoxy) is 1. The van der Waals surface area contributed by atoms with Crippen LogP contribution < -0.4 is 10.5 Å². The van der Waals surface area contributed by atoms with Crippen molar-refractivity contribution >= 4 is 22.2 Å². The minimum absolute atomic E-state index is 0.0442. The van der Waals surface area contributed by atoms with Crippen molar-refractivity contribution in [1.82, 2.24) is 19.7 Å². The third kappa shape index (κ3) is 4.05. The van der Waals surface area contributed by atoms with E-state index in [4.69, 9.17) is 4.74 Å². The van der Waals surface area contributed by atoms with Crippen LogP contribution in [-0.4, -0.2) is 19.7 Å². The van der Waals surface area contributed by atoms with Crippen LogP contribution in [0.15, 0.2) is 70.0 Å². The van der Waals surface area contributed by atoms with Gasteiger partial charge in [-0.15, -0.1) is 0 Å². The molecule has 1 aliphatic heterocycles. The smallest absolute Gasteiger partial charge is 0.449 e. The van der Waals surface area contributed by atoms with Crippen LogP contribution in [-0.2, 0) is 19.3 Å². The van der Waals surface area contributed by atoms with Crippen LogP contribution in [0.1, 0.15) is 40.8 Å². The Hall–Kier alpha value is -4.67. The molecule has 0 spiro atoms. The first kappa shape index (κ1) is 23.7. The van der Waals surface area contributed by atoms with Crippen molar-refractivity contribution in [3.05, 3.63) is 111 Å². The van der Waals surface area contributed by atoms with E-state index in [1.807, 2.05) is 0 Å². The zero-order chi connectivity index (χ0) is 26.6. The molecule has 38 heavy (non-hydrogen) atoms. The Morgan fingerprint density at radius 2 is 1.87 bits per heavy atom. The molecule has 1 aliphatic rings. The molecule has 5 aromatic rings. The Balaban J connectivity index is 1.50. The molecular weight excluding hydrogens is 504 g/mol. The number of hydrogen-bond donors (Lipinski definition) is 1. The van der Waals surface area contributed by atoms with Gasteiger partial charge in [0.2, 0.25) is 5.82 Å². The molecule has 0 amide bonds. The number of aromatic nitrogens is 4. The summed E-state index contributed by atoms with van der Waals surface area (Å²) in [6.07, 6.45) is -4.64. The molecule has 0 unspecified atom stereocenters. The van der Waals surface area contributed by atoms with Crippen molar-refractivity contribution in [2.24, 2.45) is 0 Å². The van der Waals surface area contributed by atoms with Crippen molar-refractivity contribution in [3.63, 3.8) is 0 Å². The molecule has 11 heteroatoms. The van der Waals surface area contributed by atoms with Gasteiger partial charge in [-0.3, -0.25) is 9.51 Å². The number of H-pyrrole nitrogens is 1. The lowest BCUT2D eigenvalue weighted by Gasteiger charge is -2.15. The van der Waals surface area contributed by atoms with Gasteiger partial charge in [-0.25, -0.2) is 14.2 Å². The number of allylic oxidation sites excluding steroid dienone is 1. The molecule has 1 N–H and O–H groups in total. The van der Waals surface area contributed by atoms with Gasteiger partial charge in [-0.1, -0.05) is 29.4 Å². The Kier molecular flexibility index (Phi) is 5.44. The van der Waals surface area contributed by atoms with Gasteiger partial charge in [-0.05, 0) is 59.5 Å². The van der Waals surface area contributed by atoms with Crippen molar-refractivity contribution < 1.29 is 26.8 Å². The Labute approximate surface area is 212 Å². The molecule has 6 rings (SSSR count). The Bertz CT molecular complexity index is 1800. The fourth-order valence-corrected chi connectivity index (χ4v) is 4.78. The number of aromatic amines is 1. The SMILES string of the molecule is C/C(=C1\c2ccc(Cn3c(C(F)(F)F)nc4ccccc43)cc2COc2cc(F)ccc21)c1noc(=O)[nH]1. The molecule has 0 bridgehead atoms. The van der Waals surface area contributed by atoms with Gasteiger partial charge in [-0.2, -0.15) is 13.2 Å². The molecule has 0 radical (unpaired) electrons. The quantitative estimate of drug-likeness (QED) is 0.303. The average Bonchev–Trinajstić information content (AvgIpc) is 3.44. The third-order valence-electron chi connectivity index (χ3n) is 6.45. The molecule has 0 atom stereocenters. The van der Waals surface area contributed by atoms with Crippen LogP contribution in [0.4, 0.5) is 17.6 Å². The highest BCUT2D eigenvalue weighted by Gasteiger charge is 2.37. The summed E-state index contributed by atoms with van der Waals surface area (Å²) in [5, 5.41) is 3.78. The van der Waals surface area contributed by atoms with E-state index in [-0.39, 0.29) is 30.2 Å². The zero-order valence-corrected chi connectivity index (χ0v) is 19.8. The molecule has 0 fully saturated rings. The molecule has 0 saturated carbocycles. The Morgan fingerprint density at radius 1 is 1.08 bits per heavy atom. The zero-order valence-electron chi connectivity index (χ0n) is 19.8. The summed E-state index contributed by atoms with van der Waals surface area (Å²) in [6.45, 7) is 1.69. The van der Waals surface area contributed by atoms with E-state index in [1.165, 1.54) is 18.2 Å². The van der Waals surface area contributed by atoms with Crippen LogP contribution >= 0.6 is 0 Å². The van der Waals surface area contributed by atoms with Gasteiger partial charge in [0, 0.05) is 23.7 Å². The number of nitrogens with zero attached hydrogens (tertiary/aromatic N) is 3. The summed E-state index contributed by atoms with van der Waals surface area (Å²) in [7, 11) is 0. The Morgan fingerprint density at radius 3 is 2.63 bits per heavy atom. The lowest BCUT2D eigenvalue weighted by molar-refractivity contribution is -0.146. The second-order valence-electron chi connectivity index (χ2n) is 8.87. The second kappa shape index (κ2) is 8.72. The van der Waals surface area contributed by atoms with Gasteiger partial charge >= 0.3 is 11.9 Å². The standard InChI is InChI=1S/C27H18F4N4O3/c1-14(24-33-26(36)38-34-24)23-18-8-6-15(10-16(18)13-37-22-11-17(28)7-9-19(22)23)12-35-21-5-3-2-4-20(21)32-25(35)27(29,30)31/h2-11H,12-13H2,1H3,(H,33,34,36)/b23-14-. The molecular formula is C27H18F4N4O3. The number of nitrogens with one attached hydrogen (secondary N) is 1. The van der Waals surface area contributed by atoms with Crippen LogP contribution in [0.5, 0.6) is 5.75 Å². The molecule has 0 aliphatic carbocycles. The van der Waals surface area contributed by atoms with Crippen LogP contribution in [0.25, 0.3) is 22.2 Å². The predicted octanol–water partition coefficient (Wildman–Crippen LogP) is 5.79. The normalized spacial score (nSPS) is 14.6. The summed E-state index contributed by atoms with van der Waals surface area (Å²) in [6, 6.07) is 15.8. The van der Waals surface area contributed by atoms with Gasteiger partial charge < -0.3 is 9.30 Å². The number of hydrogen-bond acceptors (Lipinski definition) is 5. The number of halogens is 4. The number of imidazole rings is 1. The minimum Gasteiger partial charge on any atom is -0.488 e. The number of benzene rings is 3. The molecule has 192 valence electrons. The van der Waals surface area contributed by atoms with Crippen molar-refractivity contribution in [3.8, 4) is 5.75 Å². The number of rotatable bonds is 3. The fourth-order valence-electron chi connectivity index (χ4n) is 4.78. The first-order chi connectivity index (χ1) is 18.2. The summed E-state index contributed by atoms with van der Waals surface area (Å²) >= 11 is 0. The monoisotopic (exact) mass is 522 g/mol. The molecule has 7 nitrogen and oxygen atoms in total. The highest BCUT2D eigenvalue weighted by Crippen LogP contribution is 2.41. The molecule has 2 aromatic heterocycles. The minimum atomic E-state index is -4.64. The molecule has 3 heterocycles. The summed E-state index contributed by atoms with van der Waals surface area (Å²) in [4.78, 5) is 17.9. The third-order valence-corrected chi connectivity index (χ3v) is 6.45. The predicted molar refractivity (Wildman–Crippen MR) is 130 cm³/mol. The van der Waals surface area contributed by atoms with E-state index in [1.54, 1.807) is 49.4 Å². The highest BCUT2D eigenvalue weighted by molar-refractivity contribution is 5.99. The lowest BCUT2D eigenvalue weighted by Crippen LogP contribution is -2.15. The van der Waals surface area contributed by atoms with Gasteiger partial charge in [0.25, 0.3) is 0 Å². The maximum Gasteiger partial charge on any atom is 0.449 e. The highest BCUT2D eigenvalue weighted by atomic mass is 19.4. The number of alkyl halides is 3. The number of para-hydroxylation sites is 2. The topological polar surface area (TPSA) is 85.9 Å². The first-order valence-corrected chi connectivity index (χ1v) is 11.5. The first-order valence-electron chi connectivity index (χ1n) is 11.5. The summed E-state index contributed by atoms with van der Waals surface area (Å²) < 4.78 is 67.3. The van der Waals surface area contributed by atoms with Gasteiger partial charge in [0.05, 0.1) is 11.0 Å². The molecule has 3 aromatic carbocycles. The van der Waals surface area contributed by atoms with Crippen molar-refractivity contribution in [1.29, 1.82) is 0 Å². The van der Waals surface area contributed by atoms with Crippen molar-refractivity contribution in [2.75, 3.05) is 0 Å². The van der Waals surface area contributed by atoms with E-state index in [0.717, 1.165) is 4.57 Å². The van der Waals surface area contributed by atoms with E-state index < -0.39 is 23.6 Å². The maximum atomic E-state index is 14.1. The average molecular weight is 522 g/mol. The lowest BCUT2D eigenvalue weighted by atomic mass is 9.89. The fraction of sp³-hybridized carbons (Fsp3) is 0.148. The van der Waals surface area contributed by atoms with Gasteiger partial charge in [0.15, 0.2) is 5.82 Å². The van der Waals surface area contributed by atoms with E-state index >= 15 is 0 Å². The number of fused-ring (bicyclic) bond motifs is 3. The van der Waals surface area contributed by atoms with Crippen LogP contribution in [0, 0.1) is 5.82 Å². The van der Waals surface area contributed by atoms with Gasteiger partial charge in [0.1, 0.15) is 18.2 Å². The second-order valence-corrected chi connectivity index (χ2v) is 8.87. The molecule has 0 saturated heterocycles. The van der Waals surface area contributed by atoms with Crippen LogP contribution in [0.3, 0.4) is 0 Å².